The van der Waals surface area contributed by atoms with Gasteiger partial charge in [0.15, 0.2) is 11.7 Å². The van der Waals surface area contributed by atoms with E-state index in [1.165, 1.54) is 27.7 Å². The molecule has 1 heterocycles. The number of rotatable bonds is 4. The van der Waals surface area contributed by atoms with Gasteiger partial charge in [0.05, 0.1) is 12.0 Å². The predicted octanol–water partition coefficient (Wildman–Crippen LogP) is 2.06. The minimum absolute atomic E-state index is 0.0311. The summed E-state index contributed by atoms with van der Waals surface area (Å²) in [4.78, 5) is 49.7. The largest absolute Gasteiger partial charge is 0.462 e. The highest BCUT2D eigenvalue weighted by Gasteiger charge is 2.68. The maximum Gasteiger partial charge on any atom is 0.312 e. The smallest absolute Gasteiger partial charge is 0.312 e. The topological polar surface area (TPSA) is 146 Å². The van der Waals surface area contributed by atoms with Crippen LogP contribution in [0.4, 0.5) is 0 Å². The average Bonchev–Trinajstić information content (AvgIpc) is 3.01. The molecule has 1 aliphatic heterocycles. The summed E-state index contributed by atoms with van der Waals surface area (Å²) in [6.45, 7) is 8.61. The Morgan fingerprint density at radius 1 is 1.08 bits per heavy atom. The van der Waals surface area contributed by atoms with Gasteiger partial charge in [-0.2, -0.15) is 0 Å². The number of aliphatic hydroxyl groups excluding tert-OH is 1. The van der Waals surface area contributed by atoms with Gasteiger partial charge in [0, 0.05) is 44.4 Å². The minimum Gasteiger partial charge on any atom is -0.462 e. The Morgan fingerprint density at radius 3 is 2.19 bits per heavy atom. The molecule has 10 atom stereocenters. The molecular formula is C26H37ClO10. The van der Waals surface area contributed by atoms with Crippen molar-refractivity contribution in [1.82, 2.24) is 0 Å². The van der Waals surface area contributed by atoms with E-state index in [1.807, 2.05) is 0 Å². The Balaban J connectivity index is 2.37. The van der Waals surface area contributed by atoms with Crippen molar-refractivity contribution in [2.24, 2.45) is 23.2 Å². The molecule has 0 aromatic rings. The van der Waals surface area contributed by atoms with Crippen LogP contribution in [-0.4, -0.2) is 76.1 Å². The van der Waals surface area contributed by atoms with Gasteiger partial charge < -0.3 is 29.2 Å². The molecule has 1 saturated heterocycles. The van der Waals surface area contributed by atoms with Crippen LogP contribution in [0, 0.1) is 23.2 Å². The van der Waals surface area contributed by atoms with Crippen molar-refractivity contribution in [3.8, 4) is 0 Å². The number of hydrogen-bond donors (Lipinski definition) is 2. The fourth-order valence-corrected chi connectivity index (χ4v) is 6.72. The first-order chi connectivity index (χ1) is 17.2. The Bertz CT molecular complexity index is 965. The molecule has 3 aliphatic rings. The van der Waals surface area contributed by atoms with Crippen LogP contribution in [-0.2, 0) is 38.1 Å². The molecule has 0 aromatic carbocycles. The van der Waals surface area contributed by atoms with Gasteiger partial charge >= 0.3 is 23.9 Å². The highest BCUT2D eigenvalue weighted by atomic mass is 35.5. The molecule has 37 heavy (non-hydrogen) atoms. The molecule has 0 radical (unpaired) electrons. The summed E-state index contributed by atoms with van der Waals surface area (Å²) < 4.78 is 22.9. The fraction of sp³-hybridized carbons (Fsp3) is 0.769. The molecule has 10 unspecified atom stereocenters. The number of hydrogen-bond acceptors (Lipinski definition) is 10. The van der Waals surface area contributed by atoms with E-state index in [0.717, 1.165) is 0 Å². The van der Waals surface area contributed by atoms with Gasteiger partial charge in [0.1, 0.15) is 18.3 Å². The van der Waals surface area contributed by atoms with E-state index in [2.05, 4.69) is 0 Å². The molecule has 2 aliphatic carbocycles. The number of aliphatic hydroxyl groups is 2. The number of carbonyl (C=O) groups excluding carboxylic acids is 4. The van der Waals surface area contributed by atoms with Gasteiger partial charge in [-0.1, -0.05) is 19.4 Å². The summed E-state index contributed by atoms with van der Waals surface area (Å²) in [6.07, 6.45) is -3.30. The number of ether oxygens (including phenoxy) is 4. The quantitative estimate of drug-likeness (QED) is 0.233. The van der Waals surface area contributed by atoms with Crippen LogP contribution < -0.4 is 0 Å². The van der Waals surface area contributed by atoms with Gasteiger partial charge in [-0.15, -0.1) is 11.6 Å². The number of carbonyl (C=O) groups is 4. The van der Waals surface area contributed by atoms with Crippen LogP contribution >= 0.6 is 11.6 Å². The van der Waals surface area contributed by atoms with Crippen LogP contribution in [0.5, 0.6) is 0 Å². The first-order valence-electron chi connectivity index (χ1n) is 12.6. The zero-order valence-electron chi connectivity index (χ0n) is 22.1. The number of halogens is 1. The first kappa shape index (κ1) is 29.4. The fourth-order valence-electron chi connectivity index (χ4n) is 6.50. The van der Waals surface area contributed by atoms with E-state index >= 15 is 0 Å². The molecule has 0 spiro atoms. The molecular weight excluding hydrogens is 508 g/mol. The van der Waals surface area contributed by atoms with E-state index in [-0.39, 0.29) is 18.7 Å². The number of alkyl halides is 1. The SMILES string of the molecule is CC(=O)OC1CCC(CCl)=CC2OC(=O)C(C)C2(O)C(OC(C)=O)C2C(C)C(O)CC(OC(C)=O)C12C. The van der Waals surface area contributed by atoms with E-state index in [4.69, 9.17) is 30.5 Å². The second-order valence-corrected chi connectivity index (χ2v) is 11.0. The van der Waals surface area contributed by atoms with E-state index in [9.17, 15) is 29.4 Å². The molecule has 2 fully saturated rings. The summed E-state index contributed by atoms with van der Waals surface area (Å²) >= 11 is 6.21. The highest BCUT2D eigenvalue weighted by Crippen LogP contribution is 2.56. The van der Waals surface area contributed by atoms with Crippen molar-refractivity contribution >= 4 is 35.5 Å². The lowest BCUT2D eigenvalue weighted by molar-refractivity contribution is -0.250. The average molecular weight is 545 g/mol. The predicted molar refractivity (Wildman–Crippen MR) is 130 cm³/mol. The molecule has 11 heteroatoms. The molecule has 0 bridgehead atoms. The van der Waals surface area contributed by atoms with Gasteiger partial charge in [-0.05, 0) is 31.8 Å². The van der Waals surface area contributed by atoms with Gasteiger partial charge in [-0.3, -0.25) is 19.2 Å². The zero-order chi connectivity index (χ0) is 27.9. The molecule has 2 N–H and O–H groups in total. The van der Waals surface area contributed by atoms with Crippen LogP contribution in [0.25, 0.3) is 0 Å². The lowest BCUT2D eigenvalue weighted by Gasteiger charge is -2.58. The van der Waals surface area contributed by atoms with E-state index in [1.54, 1.807) is 19.9 Å². The molecule has 208 valence electrons. The van der Waals surface area contributed by atoms with Crippen molar-refractivity contribution in [1.29, 1.82) is 0 Å². The Labute approximate surface area is 221 Å². The first-order valence-corrected chi connectivity index (χ1v) is 13.1. The van der Waals surface area contributed by atoms with Gasteiger partial charge in [0.25, 0.3) is 0 Å². The van der Waals surface area contributed by atoms with Crippen molar-refractivity contribution in [3.05, 3.63) is 11.6 Å². The lowest BCUT2D eigenvalue weighted by Crippen LogP contribution is -2.68. The summed E-state index contributed by atoms with van der Waals surface area (Å²) in [5.74, 6) is -5.24. The van der Waals surface area contributed by atoms with Crippen LogP contribution in [0.1, 0.15) is 60.8 Å². The lowest BCUT2D eigenvalue weighted by atomic mass is 9.52. The minimum atomic E-state index is -2.06. The second kappa shape index (κ2) is 10.9. The maximum atomic E-state index is 12.8. The summed E-state index contributed by atoms with van der Waals surface area (Å²) in [5.41, 5.74) is -2.69. The second-order valence-electron chi connectivity index (χ2n) is 10.7. The summed E-state index contributed by atoms with van der Waals surface area (Å²) in [6, 6.07) is 0. The Morgan fingerprint density at radius 2 is 1.65 bits per heavy atom. The number of fused-ring (bicyclic) bond motifs is 2. The van der Waals surface area contributed by atoms with Crippen molar-refractivity contribution < 1.29 is 48.3 Å². The highest BCUT2D eigenvalue weighted by molar-refractivity contribution is 6.19. The third-order valence-electron chi connectivity index (χ3n) is 8.46. The van der Waals surface area contributed by atoms with Crippen molar-refractivity contribution in [3.63, 3.8) is 0 Å². The molecule has 10 nitrogen and oxygen atoms in total. The van der Waals surface area contributed by atoms with Crippen LogP contribution in [0.15, 0.2) is 11.6 Å². The van der Waals surface area contributed by atoms with Gasteiger partial charge in [0.2, 0.25) is 0 Å². The monoisotopic (exact) mass is 544 g/mol. The number of esters is 4. The molecule has 3 rings (SSSR count). The third-order valence-corrected chi connectivity index (χ3v) is 8.80. The summed E-state index contributed by atoms with van der Waals surface area (Å²) in [5, 5.41) is 23.4. The molecule has 0 aromatic heterocycles. The van der Waals surface area contributed by atoms with Crippen LogP contribution in [0.2, 0.25) is 0 Å². The van der Waals surface area contributed by atoms with Gasteiger partial charge in [-0.25, -0.2) is 0 Å². The molecule has 0 amide bonds. The normalized spacial score (nSPS) is 41.9. The van der Waals surface area contributed by atoms with Crippen LogP contribution in [0.3, 0.4) is 0 Å². The van der Waals surface area contributed by atoms with Crippen molar-refractivity contribution in [2.75, 3.05) is 5.88 Å². The maximum absolute atomic E-state index is 12.8. The van der Waals surface area contributed by atoms with E-state index < -0.39 is 83.2 Å². The standard InChI is InChI=1S/C26H37ClO10/c1-12-18(31)10-20(35-15(4)29)25(6)19(34-14(3)28)8-7-17(11-27)9-21-26(33,13(2)24(32)37-21)23(22(12)25)36-16(5)30/h9,12-13,18-23,31,33H,7-8,10-11H2,1-6H3. The molecule has 1 saturated carbocycles. The Hall–Kier alpha value is -2.17. The third kappa shape index (κ3) is 5.25. The van der Waals surface area contributed by atoms with Crippen molar-refractivity contribution in [2.45, 2.75) is 96.9 Å². The Kier molecular flexibility index (Phi) is 8.66. The zero-order valence-corrected chi connectivity index (χ0v) is 22.8. The summed E-state index contributed by atoms with van der Waals surface area (Å²) in [7, 11) is 0. The van der Waals surface area contributed by atoms with E-state index in [0.29, 0.717) is 12.0 Å². The number of allylic oxidation sites excluding steroid dienone is 1.